The summed E-state index contributed by atoms with van der Waals surface area (Å²) in [5, 5.41) is 13.8. The SMILES string of the molecule is O=C1CCC(NC(=O)C2CCCC(C(=O)O)C2)C(=O)N1. The summed E-state index contributed by atoms with van der Waals surface area (Å²) >= 11 is 0. The predicted octanol–water partition coefficient (Wildman–Crippen LogP) is -0.201. The van der Waals surface area contributed by atoms with Crippen LogP contribution in [0.5, 0.6) is 0 Å². The third kappa shape index (κ3) is 3.34. The van der Waals surface area contributed by atoms with E-state index in [1.165, 1.54) is 0 Å². The molecule has 20 heavy (non-hydrogen) atoms. The lowest BCUT2D eigenvalue weighted by atomic mass is 9.81. The average Bonchev–Trinajstić information content (AvgIpc) is 2.42. The minimum Gasteiger partial charge on any atom is -0.481 e. The van der Waals surface area contributed by atoms with Crippen molar-refractivity contribution in [3.8, 4) is 0 Å². The van der Waals surface area contributed by atoms with Crippen molar-refractivity contribution in [2.45, 2.75) is 44.6 Å². The molecular formula is C13H18N2O5. The van der Waals surface area contributed by atoms with Crippen molar-refractivity contribution in [2.24, 2.45) is 11.8 Å². The molecule has 1 saturated carbocycles. The van der Waals surface area contributed by atoms with Crippen LogP contribution in [0.2, 0.25) is 0 Å². The Hall–Kier alpha value is -1.92. The van der Waals surface area contributed by atoms with Crippen molar-refractivity contribution in [3.05, 3.63) is 0 Å². The second-order valence-corrected chi connectivity index (χ2v) is 5.41. The van der Waals surface area contributed by atoms with Crippen molar-refractivity contribution < 1.29 is 24.3 Å². The number of carboxylic acids is 1. The molecular weight excluding hydrogens is 264 g/mol. The molecule has 1 heterocycles. The van der Waals surface area contributed by atoms with E-state index >= 15 is 0 Å². The molecule has 1 aliphatic carbocycles. The molecule has 7 heteroatoms. The molecule has 0 spiro atoms. The molecule has 2 fully saturated rings. The quantitative estimate of drug-likeness (QED) is 0.620. The first-order valence-corrected chi connectivity index (χ1v) is 6.84. The second kappa shape index (κ2) is 6.02. The summed E-state index contributed by atoms with van der Waals surface area (Å²) in [4.78, 5) is 45.6. The van der Waals surface area contributed by atoms with E-state index < -0.39 is 23.8 Å². The zero-order valence-electron chi connectivity index (χ0n) is 11.1. The van der Waals surface area contributed by atoms with Crippen LogP contribution >= 0.6 is 0 Å². The number of nitrogens with one attached hydrogen (secondary N) is 2. The van der Waals surface area contributed by atoms with E-state index in [1.807, 2.05) is 0 Å². The molecule has 110 valence electrons. The number of hydrogen-bond donors (Lipinski definition) is 3. The minimum absolute atomic E-state index is 0.207. The van der Waals surface area contributed by atoms with Crippen molar-refractivity contribution in [1.82, 2.24) is 10.6 Å². The number of hydrogen-bond acceptors (Lipinski definition) is 4. The van der Waals surface area contributed by atoms with Gasteiger partial charge in [0.1, 0.15) is 6.04 Å². The van der Waals surface area contributed by atoms with Crippen LogP contribution in [0.3, 0.4) is 0 Å². The van der Waals surface area contributed by atoms with Gasteiger partial charge < -0.3 is 10.4 Å². The zero-order chi connectivity index (χ0) is 14.7. The van der Waals surface area contributed by atoms with E-state index in [9.17, 15) is 19.2 Å². The van der Waals surface area contributed by atoms with Crippen molar-refractivity contribution in [3.63, 3.8) is 0 Å². The first-order chi connectivity index (χ1) is 9.47. The Labute approximate surface area is 116 Å². The second-order valence-electron chi connectivity index (χ2n) is 5.41. The number of amides is 3. The Morgan fingerprint density at radius 2 is 1.85 bits per heavy atom. The maximum atomic E-state index is 12.1. The fraction of sp³-hybridized carbons (Fsp3) is 0.692. The van der Waals surface area contributed by atoms with Crippen LogP contribution in [-0.4, -0.2) is 34.8 Å². The van der Waals surface area contributed by atoms with Crippen molar-refractivity contribution >= 4 is 23.7 Å². The monoisotopic (exact) mass is 282 g/mol. The van der Waals surface area contributed by atoms with Crippen molar-refractivity contribution in [2.75, 3.05) is 0 Å². The van der Waals surface area contributed by atoms with Gasteiger partial charge in [0, 0.05) is 12.3 Å². The van der Waals surface area contributed by atoms with E-state index in [2.05, 4.69) is 10.6 Å². The highest BCUT2D eigenvalue weighted by Gasteiger charge is 2.34. The number of rotatable bonds is 3. The van der Waals surface area contributed by atoms with Gasteiger partial charge in [0.25, 0.3) is 0 Å². The lowest BCUT2D eigenvalue weighted by Gasteiger charge is -2.28. The van der Waals surface area contributed by atoms with Gasteiger partial charge in [0.05, 0.1) is 5.92 Å². The zero-order valence-corrected chi connectivity index (χ0v) is 11.1. The smallest absolute Gasteiger partial charge is 0.306 e. The highest BCUT2D eigenvalue weighted by molar-refractivity contribution is 6.01. The predicted molar refractivity (Wildman–Crippen MR) is 67.4 cm³/mol. The van der Waals surface area contributed by atoms with Crippen LogP contribution in [0.15, 0.2) is 0 Å². The number of carbonyl (C=O) groups is 4. The molecule has 2 aliphatic rings. The number of aliphatic carboxylic acids is 1. The van der Waals surface area contributed by atoms with E-state index in [-0.39, 0.29) is 24.2 Å². The molecule has 3 unspecified atom stereocenters. The molecule has 0 bridgehead atoms. The summed E-state index contributed by atoms with van der Waals surface area (Å²) in [7, 11) is 0. The lowest BCUT2D eigenvalue weighted by molar-refractivity contribution is -0.145. The van der Waals surface area contributed by atoms with Gasteiger partial charge in [0.2, 0.25) is 17.7 Å². The van der Waals surface area contributed by atoms with E-state index in [4.69, 9.17) is 5.11 Å². The summed E-state index contributed by atoms with van der Waals surface area (Å²) in [5.41, 5.74) is 0. The average molecular weight is 282 g/mol. The van der Waals surface area contributed by atoms with Gasteiger partial charge in [0.15, 0.2) is 0 Å². The van der Waals surface area contributed by atoms with Crippen LogP contribution in [0, 0.1) is 11.8 Å². The van der Waals surface area contributed by atoms with Crippen molar-refractivity contribution in [1.29, 1.82) is 0 Å². The van der Waals surface area contributed by atoms with Gasteiger partial charge in [-0.3, -0.25) is 24.5 Å². The molecule has 0 aromatic heterocycles. The maximum absolute atomic E-state index is 12.1. The topological polar surface area (TPSA) is 113 Å². The van der Waals surface area contributed by atoms with Gasteiger partial charge in [-0.2, -0.15) is 0 Å². The Bertz CT molecular complexity index is 448. The van der Waals surface area contributed by atoms with Gasteiger partial charge in [-0.25, -0.2) is 0 Å². The van der Waals surface area contributed by atoms with Gasteiger partial charge >= 0.3 is 5.97 Å². The number of piperidine rings is 1. The van der Waals surface area contributed by atoms with Crippen LogP contribution in [-0.2, 0) is 19.2 Å². The maximum Gasteiger partial charge on any atom is 0.306 e. The molecule has 2 rings (SSSR count). The summed E-state index contributed by atoms with van der Waals surface area (Å²) in [6, 6.07) is -0.689. The molecule has 3 atom stereocenters. The Morgan fingerprint density at radius 3 is 2.50 bits per heavy atom. The first-order valence-electron chi connectivity index (χ1n) is 6.84. The molecule has 1 saturated heterocycles. The molecule has 7 nitrogen and oxygen atoms in total. The number of carbonyl (C=O) groups excluding carboxylic acids is 3. The number of carboxylic acid groups (broad SMARTS) is 1. The Kier molecular flexibility index (Phi) is 4.36. The summed E-state index contributed by atoms with van der Waals surface area (Å²) in [6.45, 7) is 0. The van der Waals surface area contributed by atoms with Gasteiger partial charge in [-0.15, -0.1) is 0 Å². The summed E-state index contributed by atoms with van der Waals surface area (Å²) in [5.74, 6) is -2.82. The first kappa shape index (κ1) is 14.5. The highest BCUT2D eigenvalue weighted by atomic mass is 16.4. The summed E-state index contributed by atoms with van der Waals surface area (Å²) in [6.07, 6.45) is 2.75. The van der Waals surface area contributed by atoms with E-state index in [0.29, 0.717) is 32.1 Å². The van der Waals surface area contributed by atoms with Crippen LogP contribution < -0.4 is 10.6 Å². The van der Waals surface area contributed by atoms with Gasteiger partial charge in [-0.1, -0.05) is 6.42 Å². The van der Waals surface area contributed by atoms with E-state index in [0.717, 1.165) is 0 Å². The summed E-state index contributed by atoms with van der Waals surface area (Å²) < 4.78 is 0. The fourth-order valence-electron chi connectivity index (χ4n) is 2.77. The third-order valence-electron chi connectivity index (χ3n) is 3.95. The highest BCUT2D eigenvalue weighted by Crippen LogP contribution is 2.29. The fourth-order valence-corrected chi connectivity index (χ4v) is 2.77. The Balaban J connectivity index is 1.89. The lowest BCUT2D eigenvalue weighted by Crippen LogP contribution is -2.53. The third-order valence-corrected chi connectivity index (χ3v) is 3.95. The molecule has 0 radical (unpaired) electrons. The molecule has 0 aromatic rings. The largest absolute Gasteiger partial charge is 0.481 e. The standard InChI is InChI=1S/C13H18N2O5/c16-10-5-4-9(12(18)15-10)14-11(17)7-2-1-3-8(6-7)13(19)20/h7-9H,1-6H2,(H,14,17)(H,19,20)(H,15,16,18). The van der Waals surface area contributed by atoms with Gasteiger partial charge in [-0.05, 0) is 25.7 Å². The molecule has 0 aromatic carbocycles. The molecule has 3 N–H and O–H groups in total. The van der Waals surface area contributed by atoms with Crippen LogP contribution in [0.4, 0.5) is 0 Å². The molecule has 1 aliphatic heterocycles. The van der Waals surface area contributed by atoms with E-state index in [1.54, 1.807) is 0 Å². The van der Waals surface area contributed by atoms with Crippen LogP contribution in [0.1, 0.15) is 38.5 Å². The molecule has 3 amide bonds. The number of imide groups is 1. The Morgan fingerprint density at radius 1 is 1.15 bits per heavy atom. The van der Waals surface area contributed by atoms with Crippen LogP contribution in [0.25, 0.3) is 0 Å². The normalized spacial score (nSPS) is 30.5. The minimum atomic E-state index is -0.872.